The largest absolute Gasteiger partial charge is 0.369 e. The Balaban J connectivity index is 2.35. The molecule has 5 nitrogen and oxygen atoms in total. The van der Waals surface area contributed by atoms with E-state index in [1.165, 1.54) is 0 Å². The summed E-state index contributed by atoms with van der Waals surface area (Å²) in [6.07, 6.45) is 0. The fraction of sp³-hybridized carbons (Fsp3) is 0.429. The van der Waals surface area contributed by atoms with E-state index in [9.17, 15) is 4.79 Å². The Kier molecular flexibility index (Phi) is 3.74. The lowest BCUT2D eigenvalue weighted by molar-refractivity contribution is -0.131. The molecule has 0 fully saturated rings. The van der Waals surface area contributed by atoms with Crippen LogP contribution in [0.5, 0.6) is 0 Å². The number of carbonyl (C=O) groups excluding carboxylic acids is 1. The number of hydrogen-bond acceptors (Lipinski definition) is 3. The van der Waals surface area contributed by atoms with Gasteiger partial charge in [0, 0.05) is 13.1 Å². The van der Waals surface area contributed by atoms with Crippen molar-refractivity contribution >= 4 is 22.9 Å². The molecule has 1 aromatic heterocycles. The number of amides is 1. The molecule has 0 aliphatic heterocycles. The predicted octanol–water partition coefficient (Wildman–Crippen LogP) is 1.80. The molecular formula is C14H20N4O. The lowest BCUT2D eigenvalue weighted by Crippen LogP contribution is -2.33. The van der Waals surface area contributed by atoms with Crippen molar-refractivity contribution in [2.24, 2.45) is 0 Å². The van der Waals surface area contributed by atoms with E-state index in [0.717, 1.165) is 16.6 Å². The predicted molar refractivity (Wildman–Crippen MR) is 76.8 cm³/mol. The number of likely N-dealkylation sites (N-methyl/N-ethyl adjacent to an activating group) is 1. The van der Waals surface area contributed by atoms with E-state index in [0.29, 0.717) is 19.0 Å². The molecule has 0 saturated heterocycles. The van der Waals surface area contributed by atoms with Gasteiger partial charge in [-0.1, -0.05) is 6.07 Å². The van der Waals surface area contributed by atoms with Crippen LogP contribution in [0.4, 0.5) is 5.95 Å². The Bertz CT molecular complexity index is 599. The minimum Gasteiger partial charge on any atom is -0.369 e. The fourth-order valence-corrected chi connectivity index (χ4v) is 2.24. The second-order valence-electron chi connectivity index (χ2n) is 4.61. The molecule has 0 aliphatic rings. The van der Waals surface area contributed by atoms with E-state index in [1.54, 1.807) is 9.47 Å². The lowest BCUT2D eigenvalue weighted by atomic mass is 10.2. The number of rotatable bonds is 4. The molecule has 5 heteroatoms. The van der Waals surface area contributed by atoms with E-state index in [2.05, 4.69) is 4.98 Å². The van der Waals surface area contributed by atoms with Gasteiger partial charge >= 0.3 is 0 Å². The number of carbonyl (C=O) groups is 1. The zero-order valence-electron chi connectivity index (χ0n) is 11.7. The third kappa shape index (κ3) is 2.54. The summed E-state index contributed by atoms with van der Waals surface area (Å²) in [7, 11) is 0. The molecule has 0 radical (unpaired) electrons. The van der Waals surface area contributed by atoms with E-state index < -0.39 is 0 Å². The van der Waals surface area contributed by atoms with Crippen molar-refractivity contribution in [3.05, 3.63) is 23.8 Å². The summed E-state index contributed by atoms with van der Waals surface area (Å²) in [6.45, 7) is 7.62. The van der Waals surface area contributed by atoms with Crippen LogP contribution >= 0.6 is 0 Å². The topological polar surface area (TPSA) is 64.2 Å². The molecule has 0 bridgehead atoms. The van der Waals surface area contributed by atoms with Crippen LogP contribution in [0, 0.1) is 6.92 Å². The van der Waals surface area contributed by atoms with Gasteiger partial charge in [-0.05, 0) is 38.5 Å². The molecule has 0 aliphatic carbocycles. The average molecular weight is 260 g/mol. The van der Waals surface area contributed by atoms with Gasteiger partial charge < -0.3 is 15.2 Å². The van der Waals surface area contributed by atoms with Crippen LogP contribution in [0.1, 0.15) is 19.4 Å². The highest BCUT2D eigenvalue weighted by atomic mass is 16.2. The summed E-state index contributed by atoms with van der Waals surface area (Å²) in [5.74, 6) is 0.456. The van der Waals surface area contributed by atoms with Crippen LogP contribution in [0.15, 0.2) is 18.2 Å². The number of anilines is 1. The molecular weight excluding hydrogens is 240 g/mol. The standard InChI is InChI=1S/C14H20N4O/c1-4-17(5-2)13(19)9-18-12-7-6-10(3)8-11(12)16-14(18)15/h6-8H,4-5,9H2,1-3H3,(H2,15,16). The first kappa shape index (κ1) is 13.4. The molecule has 2 aromatic rings. The summed E-state index contributed by atoms with van der Waals surface area (Å²) < 4.78 is 1.77. The molecule has 2 N–H and O–H groups in total. The smallest absolute Gasteiger partial charge is 0.242 e. The fourth-order valence-electron chi connectivity index (χ4n) is 2.24. The molecule has 0 atom stereocenters. The Labute approximate surface area is 113 Å². The third-order valence-corrected chi connectivity index (χ3v) is 3.34. The summed E-state index contributed by atoms with van der Waals surface area (Å²) in [4.78, 5) is 18.3. The van der Waals surface area contributed by atoms with Crippen molar-refractivity contribution in [1.29, 1.82) is 0 Å². The number of nitrogens with two attached hydrogens (primary N) is 1. The molecule has 0 spiro atoms. The van der Waals surface area contributed by atoms with Crippen LogP contribution in [-0.2, 0) is 11.3 Å². The summed E-state index contributed by atoms with van der Waals surface area (Å²) in [5, 5.41) is 0. The maximum absolute atomic E-state index is 12.2. The maximum atomic E-state index is 12.2. The van der Waals surface area contributed by atoms with E-state index in [4.69, 9.17) is 5.73 Å². The number of nitrogens with zero attached hydrogens (tertiary/aromatic N) is 3. The number of imidazole rings is 1. The van der Waals surface area contributed by atoms with Gasteiger partial charge in [0.1, 0.15) is 6.54 Å². The van der Waals surface area contributed by atoms with Crippen molar-refractivity contribution in [1.82, 2.24) is 14.5 Å². The van der Waals surface area contributed by atoms with Crippen LogP contribution in [0.3, 0.4) is 0 Å². The van der Waals surface area contributed by atoms with Gasteiger partial charge in [0.05, 0.1) is 11.0 Å². The first-order valence-corrected chi connectivity index (χ1v) is 6.57. The van der Waals surface area contributed by atoms with Gasteiger partial charge in [-0.3, -0.25) is 4.79 Å². The van der Waals surface area contributed by atoms with Crippen LogP contribution < -0.4 is 5.73 Å². The first-order valence-electron chi connectivity index (χ1n) is 6.57. The lowest BCUT2D eigenvalue weighted by Gasteiger charge is -2.19. The molecule has 2 rings (SSSR count). The van der Waals surface area contributed by atoms with Crippen molar-refractivity contribution in [2.75, 3.05) is 18.8 Å². The zero-order chi connectivity index (χ0) is 14.0. The number of hydrogen-bond donors (Lipinski definition) is 1. The van der Waals surface area contributed by atoms with Gasteiger partial charge in [0.25, 0.3) is 0 Å². The van der Waals surface area contributed by atoms with Crippen molar-refractivity contribution in [3.63, 3.8) is 0 Å². The highest BCUT2D eigenvalue weighted by Gasteiger charge is 2.15. The van der Waals surface area contributed by atoms with Crippen LogP contribution in [-0.4, -0.2) is 33.4 Å². The summed E-state index contributed by atoms with van der Waals surface area (Å²) in [5.41, 5.74) is 8.79. The second kappa shape index (κ2) is 5.30. The molecule has 19 heavy (non-hydrogen) atoms. The minimum atomic E-state index is 0.0663. The van der Waals surface area contributed by atoms with Crippen molar-refractivity contribution in [3.8, 4) is 0 Å². The zero-order valence-corrected chi connectivity index (χ0v) is 11.7. The number of benzene rings is 1. The Morgan fingerprint density at radius 2 is 2.05 bits per heavy atom. The summed E-state index contributed by atoms with van der Waals surface area (Å²) >= 11 is 0. The normalized spacial score (nSPS) is 10.9. The van der Waals surface area contributed by atoms with E-state index >= 15 is 0 Å². The van der Waals surface area contributed by atoms with Crippen molar-refractivity contribution < 1.29 is 4.79 Å². The average Bonchev–Trinajstić information content (AvgIpc) is 2.66. The Morgan fingerprint density at radius 3 is 2.68 bits per heavy atom. The van der Waals surface area contributed by atoms with Gasteiger partial charge in [-0.2, -0.15) is 0 Å². The number of nitrogen functional groups attached to an aromatic ring is 1. The molecule has 1 aromatic carbocycles. The molecule has 102 valence electrons. The molecule has 0 unspecified atom stereocenters. The summed E-state index contributed by atoms with van der Waals surface area (Å²) in [6, 6.07) is 5.94. The van der Waals surface area contributed by atoms with Gasteiger partial charge in [0.15, 0.2) is 0 Å². The highest BCUT2D eigenvalue weighted by Crippen LogP contribution is 2.19. The van der Waals surface area contributed by atoms with Gasteiger partial charge in [0.2, 0.25) is 11.9 Å². The number of fused-ring (bicyclic) bond motifs is 1. The first-order chi connectivity index (χ1) is 9.06. The van der Waals surface area contributed by atoms with Crippen molar-refractivity contribution in [2.45, 2.75) is 27.3 Å². The minimum absolute atomic E-state index is 0.0663. The molecule has 1 heterocycles. The van der Waals surface area contributed by atoms with Gasteiger partial charge in [-0.25, -0.2) is 4.98 Å². The Hall–Kier alpha value is -2.04. The van der Waals surface area contributed by atoms with Crippen LogP contribution in [0.25, 0.3) is 11.0 Å². The van der Waals surface area contributed by atoms with E-state index in [-0.39, 0.29) is 12.5 Å². The Morgan fingerprint density at radius 1 is 1.37 bits per heavy atom. The maximum Gasteiger partial charge on any atom is 0.242 e. The number of aryl methyl sites for hydroxylation is 1. The molecule has 0 saturated carbocycles. The van der Waals surface area contributed by atoms with E-state index in [1.807, 2.05) is 39.0 Å². The number of aromatic nitrogens is 2. The third-order valence-electron chi connectivity index (χ3n) is 3.34. The quantitative estimate of drug-likeness (QED) is 0.911. The second-order valence-corrected chi connectivity index (χ2v) is 4.61. The molecule has 1 amide bonds. The SMILES string of the molecule is CCN(CC)C(=O)Cn1c(N)nc2cc(C)ccc21. The van der Waals surface area contributed by atoms with Gasteiger partial charge in [-0.15, -0.1) is 0 Å². The highest BCUT2D eigenvalue weighted by molar-refractivity contribution is 5.83. The van der Waals surface area contributed by atoms with Crippen LogP contribution in [0.2, 0.25) is 0 Å². The monoisotopic (exact) mass is 260 g/mol.